The highest BCUT2D eigenvalue weighted by atomic mass is 79.9. The van der Waals surface area contributed by atoms with Crippen molar-refractivity contribution in [2.75, 3.05) is 13.7 Å². The maximum Gasteiger partial charge on any atom is 0.137 e. The summed E-state index contributed by atoms with van der Waals surface area (Å²) >= 11 is 7.10. The van der Waals surface area contributed by atoms with E-state index in [0.717, 1.165) is 33.2 Å². The molecule has 2 rings (SSSR count). The van der Waals surface area contributed by atoms with E-state index in [-0.39, 0.29) is 6.04 Å². The minimum absolute atomic E-state index is 0.0846. The van der Waals surface area contributed by atoms with Gasteiger partial charge in [0.1, 0.15) is 5.75 Å². The van der Waals surface area contributed by atoms with E-state index in [1.54, 1.807) is 13.3 Å². The fraction of sp³-hybridized carbons (Fsp3) is 0.312. The number of hydrogen-bond donors (Lipinski definition) is 1. The smallest absolute Gasteiger partial charge is 0.137 e. The van der Waals surface area contributed by atoms with Crippen LogP contribution in [-0.2, 0) is 0 Å². The van der Waals surface area contributed by atoms with Crippen LogP contribution >= 0.6 is 31.9 Å². The van der Waals surface area contributed by atoms with Gasteiger partial charge in [0.2, 0.25) is 0 Å². The topological polar surface area (TPSA) is 34.2 Å². The van der Waals surface area contributed by atoms with Crippen LogP contribution in [0.3, 0.4) is 0 Å². The molecule has 0 amide bonds. The van der Waals surface area contributed by atoms with E-state index in [2.05, 4.69) is 61.2 Å². The minimum atomic E-state index is 0.0846. The Labute approximate surface area is 142 Å². The summed E-state index contributed by atoms with van der Waals surface area (Å²) in [7, 11) is 1.66. The fourth-order valence-electron chi connectivity index (χ4n) is 2.16. The highest BCUT2D eigenvalue weighted by Crippen LogP contribution is 2.29. The molecule has 2 aromatic rings. The minimum Gasteiger partial charge on any atom is -0.495 e. The Morgan fingerprint density at radius 2 is 1.81 bits per heavy atom. The first-order valence-corrected chi connectivity index (χ1v) is 8.41. The van der Waals surface area contributed by atoms with Crippen molar-refractivity contribution in [2.45, 2.75) is 19.4 Å². The average Bonchev–Trinajstić information content (AvgIpc) is 2.47. The number of pyridine rings is 1. The van der Waals surface area contributed by atoms with E-state index in [4.69, 9.17) is 4.74 Å². The van der Waals surface area contributed by atoms with E-state index < -0.39 is 0 Å². The molecule has 0 fully saturated rings. The number of rotatable bonds is 6. The lowest BCUT2D eigenvalue weighted by Crippen LogP contribution is -2.23. The van der Waals surface area contributed by atoms with Gasteiger partial charge in [-0.2, -0.15) is 0 Å². The highest BCUT2D eigenvalue weighted by molar-refractivity contribution is 9.11. The molecule has 0 aliphatic rings. The molecule has 1 aromatic carbocycles. The van der Waals surface area contributed by atoms with Crippen LogP contribution in [0.1, 0.15) is 30.5 Å². The number of halogens is 2. The molecular weight excluding hydrogens is 396 g/mol. The Balaban J connectivity index is 2.41. The van der Waals surface area contributed by atoms with Gasteiger partial charge >= 0.3 is 0 Å². The van der Waals surface area contributed by atoms with Gasteiger partial charge in [0.15, 0.2) is 0 Å². The SMILES string of the molecule is CCCNC(c1cc(Br)cc(Br)c1)c1cncc(OC)c1. The van der Waals surface area contributed by atoms with Crippen LogP contribution in [0.2, 0.25) is 0 Å². The molecule has 1 heterocycles. The van der Waals surface area contributed by atoms with Crippen LogP contribution in [0.4, 0.5) is 0 Å². The second-order valence-corrected chi connectivity index (χ2v) is 6.58. The number of methoxy groups -OCH3 is 1. The summed E-state index contributed by atoms with van der Waals surface area (Å²) < 4.78 is 7.38. The maximum absolute atomic E-state index is 5.28. The van der Waals surface area contributed by atoms with Gasteiger partial charge in [0, 0.05) is 15.1 Å². The zero-order valence-corrected chi connectivity index (χ0v) is 15.2. The molecule has 1 N–H and O–H groups in total. The molecule has 0 aliphatic carbocycles. The quantitative estimate of drug-likeness (QED) is 0.744. The molecule has 1 aromatic heterocycles. The van der Waals surface area contributed by atoms with Crippen molar-refractivity contribution >= 4 is 31.9 Å². The lowest BCUT2D eigenvalue weighted by molar-refractivity contribution is 0.411. The first kappa shape index (κ1) is 16.5. The molecule has 5 heteroatoms. The van der Waals surface area contributed by atoms with Crippen molar-refractivity contribution in [3.63, 3.8) is 0 Å². The summed E-state index contributed by atoms with van der Waals surface area (Å²) in [5.41, 5.74) is 2.27. The molecule has 0 saturated carbocycles. The Kier molecular flexibility index (Phi) is 6.21. The van der Waals surface area contributed by atoms with E-state index in [0.29, 0.717) is 0 Å². The lowest BCUT2D eigenvalue weighted by Gasteiger charge is -2.20. The molecule has 112 valence electrons. The summed E-state index contributed by atoms with van der Waals surface area (Å²) in [6.07, 6.45) is 4.67. The van der Waals surface area contributed by atoms with Gasteiger partial charge < -0.3 is 10.1 Å². The van der Waals surface area contributed by atoms with Crippen molar-refractivity contribution in [1.29, 1.82) is 0 Å². The third kappa shape index (κ3) is 4.53. The van der Waals surface area contributed by atoms with E-state index in [1.807, 2.05) is 18.3 Å². The Hall–Kier alpha value is -0.910. The summed E-state index contributed by atoms with van der Waals surface area (Å²) in [6, 6.07) is 8.38. The lowest BCUT2D eigenvalue weighted by atomic mass is 10.00. The number of hydrogen-bond acceptors (Lipinski definition) is 3. The summed E-state index contributed by atoms with van der Waals surface area (Å²) in [5.74, 6) is 0.768. The van der Waals surface area contributed by atoms with E-state index in [9.17, 15) is 0 Å². The van der Waals surface area contributed by atoms with E-state index >= 15 is 0 Å². The molecule has 1 atom stereocenters. The van der Waals surface area contributed by atoms with Crippen LogP contribution in [0.25, 0.3) is 0 Å². The summed E-state index contributed by atoms with van der Waals surface area (Å²) in [4.78, 5) is 4.27. The van der Waals surface area contributed by atoms with Crippen LogP contribution in [-0.4, -0.2) is 18.6 Å². The zero-order valence-electron chi connectivity index (χ0n) is 12.1. The third-order valence-corrected chi connectivity index (χ3v) is 4.04. The molecule has 0 saturated heterocycles. The van der Waals surface area contributed by atoms with Gasteiger partial charge in [-0.1, -0.05) is 38.8 Å². The molecule has 21 heavy (non-hydrogen) atoms. The number of ether oxygens (including phenoxy) is 1. The molecule has 3 nitrogen and oxygen atoms in total. The maximum atomic E-state index is 5.28. The monoisotopic (exact) mass is 412 g/mol. The van der Waals surface area contributed by atoms with Crippen LogP contribution in [0.15, 0.2) is 45.6 Å². The van der Waals surface area contributed by atoms with Gasteiger partial charge in [0.05, 0.1) is 19.3 Å². The standard InChI is InChI=1S/C16H18Br2N2O/c1-3-4-20-16(11-5-13(17)8-14(18)6-11)12-7-15(21-2)10-19-9-12/h5-10,16,20H,3-4H2,1-2H3. The van der Waals surface area contributed by atoms with Crippen molar-refractivity contribution < 1.29 is 4.74 Å². The Bertz CT molecular complexity index is 584. The van der Waals surface area contributed by atoms with Gasteiger partial charge in [-0.3, -0.25) is 4.98 Å². The largest absolute Gasteiger partial charge is 0.495 e. The zero-order chi connectivity index (χ0) is 15.2. The normalized spacial score (nSPS) is 12.2. The fourth-order valence-corrected chi connectivity index (χ4v) is 3.49. The van der Waals surface area contributed by atoms with Gasteiger partial charge in [-0.25, -0.2) is 0 Å². The first-order chi connectivity index (χ1) is 10.1. The number of benzene rings is 1. The second-order valence-electron chi connectivity index (χ2n) is 4.75. The molecule has 0 bridgehead atoms. The predicted molar refractivity (Wildman–Crippen MR) is 92.8 cm³/mol. The van der Waals surface area contributed by atoms with Gasteiger partial charge in [0.25, 0.3) is 0 Å². The van der Waals surface area contributed by atoms with Gasteiger partial charge in [-0.15, -0.1) is 0 Å². The third-order valence-electron chi connectivity index (χ3n) is 3.12. The van der Waals surface area contributed by atoms with Crippen molar-refractivity contribution in [3.8, 4) is 5.75 Å². The molecule has 0 radical (unpaired) electrons. The van der Waals surface area contributed by atoms with Crippen molar-refractivity contribution in [1.82, 2.24) is 10.3 Å². The Morgan fingerprint density at radius 1 is 1.10 bits per heavy atom. The Morgan fingerprint density at radius 3 is 2.43 bits per heavy atom. The molecule has 0 spiro atoms. The van der Waals surface area contributed by atoms with Crippen LogP contribution in [0.5, 0.6) is 5.75 Å². The van der Waals surface area contributed by atoms with E-state index in [1.165, 1.54) is 5.56 Å². The number of nitrogens with one attached hydrogen (secondary N) is 1. The predicted octanol–water partition coefficient (Wildman–Crippen LogP) is 4.70. The molecule has 1 unspecified atom stereocenters. The van der Waals surface area contributed by atoms with Crippen molar-refractivity contribution in [3.05, 3.63) is 56.7 Å². The summed E-state index contributed by atoms with van der Waals surface area (Å²) in [5, 5.41) is 3.57. The van der Waals surface area contributed by atoms with Crippen molar-refractivity contribution in [2.24, 2.45) is 0 Å². The summed E-state index contributed by atoms with van der Waals surface area (Å²) in [6.45, 7) is 3.09. The first-order valence-electron chi connectivity index (χ1n) is 6.82. The highest BCUT2D eigenvalue weighted by Gasteiger charge is 2.15. The number of nitrogens with zero attached hydrogens (tertiary/aromatic N) is 1. The van der Waals surface area contributed by atoms with Crippen LogP contribution < -0.4 is 10.1 Å². The average molecular weight is 414 g/mol. The van der Waals surface area contributed by atoms with Gasteiger partial charge in [-0.05, 0) is 48.4 Å². The number of aromatic nitrogens is 1. The molecular formula is C16H18Br2N2O. The van der Waals surface area contributed by atoms with Crippen LogP contribution in [0, 0.1) is 0 Å². The second kappa shape index (κ2) is 7.92. The molecule has 0 aliphatic heterocycles.